The minimum atomic E-state index is -1.41. The number of carboxylic acid groups (broad SMARTS) is 1. The van der Waals surface area contributed by atoms with Gasteiger partial charge in [-0.25, -0.2) is 9.18 Å². The topological polar surface area (TPSA) is 54.4 Å². The molecule has 0 aliphatic heterocycles. The molecule has 0 saturated carbocycles. The lowest BCUT2D eigenvalue weighted by atomic mass is 10.0. The maximum absolute atomic E-state index is 13.3. The Bertz CT molecular complexity index is 472. The summed E-state index contributed by atoms with van der Waals surface area (Å²) in [5, 5.41) is 8.74. The fraction of sp³-hybridized carbons (Fsp3) is 0.385. The third-order valence-electron chi connectivity index (χ3n) is 2.59. The van der Waals surface area contributed by atoms with Gasteiger partial charge in [-0.05, 0) is 18.6 Å². The van der Waals surface area contributed by atoms with Crippen LogP contribution in [0.5, 0.6) is 0 Å². The fourth-order valence-corrected chi connectivity index (χ4v) is 1.85. The predicted octanol–water partition coefficient (Wildman–Crippen LogP) is 3.94. The van der Waals surface area contributed by atoms with E-state index in [0.29, 0.717) is 6.42 Å². The number of rotatable bonds is 6. The summed E-state index contributed by atoms with van der Waals surface area (Å²) < 4.78 is 13.3. The molecule has 0 fully saturated rings. The van der Waals surface area contributed by atoms with Crippen LogP contribution in [0.25, 0.3) is 0 Å². The Kier molecular flexibility index (Phi) is 5.28. The average molecular weight is 273 g/mol. The SMILES string of the molecule is CCCCCC(=O)c1cc(C(=O)O)c(F)cc1Cl. The Hall–Kier alpha value is -1.42. The van der Waals surface area contributed by atoms with Crippen molar-refractivity contribution < 1.29 is 19.1 Å². The number of carbonyl (C=O) groups excluding carboxylic acids is 1. The lowest BCUT2D eigenvalue weighted by molar-refractivity contribution is 0.0692. The number of benzene rings is 1. The molecule has 0 unspecified atom stereocenters. The van der Waals surface area contributed by atoms with Gasteiger partial charge < -0.3 is 5.11 Å². The van der Waals surface area contributed by atoms with E-state index in [1.807, 2.05) is 6.92 Å². The van der Waals surface area contributed by atoms with Crippen molar-refractivity contribution in [2.75, 3.05) is 0 Å². The minimum Gasteiger partial charge on any atom is -0.478 e. The molecular weight excluding hydrogens is 259 g/mol. The summed E-state index contributed by atoms with van der Waals surface area (Å²) >= 11 is 5.76. The Balaban J connectivity index is 2.97. The molecule has 1 aromatic rings. The molecule has 0 atom stereocenters. The maximum Gasteiger partial charge on any atom is 0.338 e. The van der Waals surface area contributed by atoms with Crippen LogP contribution in [-0.4, -0.2) is 16.9 Å². The quantitative estimate of drug-likeness (QED) is 0.630. The van der Waals surface area contributed by atoms with Crippen molar-refractivity contribution in [2.24, 2.45) is 0 Å². The molecular formula is C13H14ClFO3. The third-order valence-corrected chi connectivity index (χ3v) is 2.91. The van der Waals surface area contributed by atoms with Gasteiger partial charge in [-0.3, -0.25) is 4.79 Å². The molecule has 0 aromatic heterocycles. The van der Waals surface area contributed by atoms with E-state index < -0.39 is 17.3 Å². The predicted molar refractivity (Wildman–Crippen MR) is 66.8 cm³/mol. The van der Waals surface area contributed by atoms with Gasteiger partial charge in [-0.1, -0.05) is 31.4 Å². The highest BCUT2D eigenvalue weighted by atomic mass is 35.5. The van der Waals surface area contributed by atoms with E-state index in [4.69, 9.17) is 16.7 Å². The van der Waals surface area contributed by atoms with Crippen LogP contribution in [0.4, 0.5) is 4.39 Å². The van der Waals surface area contributed by atoms with Crippen LogP contribution in [0.1, 0.15) is 53.3 Å². The van der Waals surface area contributed by atoms with Crippen LogP contribution < -0.4 is 0 Å². The third kappa shape index (κ3) is 3.53. The molecule has 0 aliphatic carbocycles. The summed E-state index contributed by atoms with van der Waals surface area (Å²) in [6.07, 6.45) is 2.89. The highest BCUT2D eigenvalue weighted by Crippen LogP contribution is 2.23. The Morgan fingerprint density at radius 3 is 2.50 bits per heavy atom. The first-order valence-electron chi connectivity index (χ1n) is 5.73. The first-order chi connectivity index (χ1) is 8.47. The molecule has 0 heterocycles. The number of carboxylic acids is 1. The smallest absolute Gasteiger partial charge is 0.338 e. The van der Waals surface area contributed by atoms with Gasteiger partial charge in [0.25, 0.3) is 0 Å². The standard InChI is InChI=1S/C13H14ClFO3/c1-2-3-4-5-12(16)8-6-9(13(17)18)11(15)7-10(8)14/h6-7H,2-5H2,1H3,(H,17,18). The Morgan fingerprint density at radius 2 is 1.94 bits per heavy atom. The molecule has 0 spiro atoms. The van der Waals surface area contributed by atoms with Crippen LogP contribution in [0, 0.1) is 5.82 Å². The highest BCUT2D eigenvalue weighted by molar-refractivity contribution is 6.34. The molecule has 1 rings (SSSR count). The lowest BCUT2D eigenvalue weighted by Crippen LogP contribution is -2.06. The van der Waals surface area contributed by atoms with Gasteiger partial charge in [-0.2, -0.15) is 0 Å². The van der Waals surface area contributed by atoms with Gasteiger partial charge in [0, 0.05) is 12.0 Å². The monoisotopic (exact) mass is 272 g/mol. The van der Waals surface area contributed by atoms with Gasteiger partial charge >= 0.3 is 5.97 Å². The molecule has 98 valence electrons. The summed E-state index contributed by atoms with van der Waals surface area (Å²) in [7, 11) is 0. The molecule has 0 saturated heterocycles. The summed E-state index contributed by atoms with van der Waals surface area (Å²) in [4.78, 5) is 22.6. The second kappa shape index (κ2) is 6.50. The molecule has 0 amide bonds. The van der Waals surface area contributed by atoms with Crippen LogP contribution in [0.15, 0.2) is 12.1 Å². The zero-order valence-corrected chi connectivity index (χ0v) is 10.8. The second-order valence-corrected chi connectivity index (χ2v) is 4.40. The molecule has 0 radical (unpaired) electrons. The maximum atomic E-state index is 13.3. The number of unbranched alkanes of at least 4 members (excludes halogenated alkanes) is 2. The molecule has 1 N–H and O–H groups in total. The largest absolute Gasteiger partial charge is 0.478 e. The van der Waals surface area contributed by atoms with Crippen LogP contribution >= 0.6 is 11.6 Å². The summed E-state index contributed by atoms with van der Waals surface area (Å²) in [5.74, 6) is -2.60. The van der Waals surface area contributed by atoms with Crippen molar-refractivity contribution >= 4 is 23.4 Å². The number of aromatic carboxylic acids is 1. The van der Waals surface area contributed by atoms with E-state index >= 15 is 0 Å². The lowest BCUT2D eigenvalue weighted by Gasteiger charge is -2.06. The van der Waals surface area contributed by atoms with Gasteiger partial charge in [0.1, 0.15) is 5.82 Å². The molecule has 3 nitrogen and oxygen atoms in total. The molecule has 1 aromatic carbocycles. The highest BCUT2D eigenvalue weighted by Gasteiger charge is 2.18. The zero-order chi connectivity index (χ0) is 13.7. The zero-order valence-electron chi connectivity index (χ0n) is 10.0. The van der Waals surface area contributed by atoms with Gasteiger partial charge in [0.15, 0.2) is 5.78 Å². The summed E-state index contributed by atoms with van der Waals surface area (Å²) in [6, 6.07) is 1.88. The van der Waals surface area contributed by atoms with Crippen molar-refractivity contribution in [1.82, 2.24) is 0 Å². The average Bonchev–Trinajstić information content (AvgIpc) is 2.28. The Labute approximate surface area is 110 Å². The van der Waals surface area contributed by atoms with Crippen LogP contribution in [0.3, 0.4) is 0 Å². The van der Waals surface area contributed by atoms with Crippen molar-refractivity contribution in [2.45, 2.75) is 32.6 Å². The number of hydrogen-bond acceptors (Lipinski definition) is 2. The first-order valence-corrected chi connectivity index (χ1v) is 6.10. The van der Waals surface area contributed by atoms with Crippen molar-refractivity contribution in [3.63, 3.8) is 0 Å². The fourth-order valence-electron chi connectivity index (χ4n) is 1.60. The van der Waals surface area contributed by atoms with E-state index in [1.165, 1.54) is 0 Å². The first kappa shape index (κ1) is 14.6. The minimum absolute atomic E-state index is 0.0426. The number of ketones is 1. The molecule has 18 heavy (non-hydrogen) atoms. The summed E-state index contributed by atoms with van der Waals surface area (Å²) in [6.45, 7) is 2.01. The molecule has 5 heteroatoms. The van der Waals surface area contributed by atoms with E-state index in [1.54, 1.807) is 0 Å². The number of Topliss-reactive ketones (excluding diaryl/α,β-unsaturated/α-hetero) is 1. The van der Waals surface area contributed by atoms with Gasteiger partial charge in [0.2, 0.25) is 0 Å². The number of halogens is 2. The number of hydrogen-bond donors (Lipinski definition) is 1. The van der Waals surface area contributed by atoms with Gasteiger partial charge in [-0.15, -0.1) is 0 Å². The van der Waals surface area contributed by atoms with E-state index in [0.717, 1.165) is 25.0 Å². The van der Waals surface area contributed by atoms with Crippen molar-refractivity contribution in [3.8, 4) is 0 Å². The molecule has 0 aliphatic rings. The second-order valence-electron chi connectivity index (χ2n) is 4.00. The van der Waals surface area contributed by atoms with E-state index in [2.05, 4.69) is 0 Å². The Morgan fingerprint density at radius 1 is 1.28 bits per heavy atom. The van der Waals surface area contributed by atoms with Crippen molar-refractivity contribution in [3.05, 3.63) is 34.1 Å². The van der Waals surface area contributed by atoms with E-state index in [-0.39, 0.29) is 22.8 Å². The van der Waals surface area contributed by atoms with Crippen LogP contribution in [-0.2, 0) is 0 Å². The van der Waals surface area contributed by atoms with E-state index in [9.17, 15) is 14.0 Å². The number of carbonyl (C=O) groups is 2. The van der Waals surface area contributed by atoms with Crippen LogP contribution in [0.2, 0.25) is 5.02 Å². The van der Waals surface area contributed by atoms with Gasteiger partial charge in [0.05, 0.1) is 10.6 Å². The molecule has 0 bridgehead atoms. The van der Waals surface area contributed by atoms with Crippen molar-refractivity contribution in [1.29, 1.82) is 0 Å². The summed E-state index contributed by atoms with van der Waals surface area (Å²) in [5.41, 5.74) is -0.454. The normalized spacial score (nSPS) is 10.4.